The summed E-state index contributed by atoms with van der Waals surface area (Å²) in [4.78, 5) is 12.5. The molecule has 2 atom stereocenters. The van der Waals surface area contributed by atoms with Crippen molar-refractivity contribution in [1.29, 1.82) is 0 Å². The zero-order valence-corrected chi connectivity index (χ0v) is 14.4. The fourth-order valence-corrected chi connectivity index (χ4v) is 3.16. The van der Waals surface area contributed by atoms with Gasteiger partial charge in [0.15, 0.2) is 0 Å². The summed E-state index contributed by atoms with van der Waals surface area (Å²) in [5.41, 5.74) is 3.15. The molecule has 0 saturated carbocycles. The standard InChI is InChI=1S/C21H25NO2/c1-15-16(2)24-20-18(15)12-8-13-19(20)21(23)22-14-7-6-11-17-9-4-3-5-10-17/h3-5,8-10,12-13,15-16H,6-7,11,14H2,1-2H3,(H,22,23). The number of fused-ring (bicyclic) bond motifs is 1. The predicted molar refractivity (Wildman–Crippen MR) is 96.7 cm³/mol. The van der Waals surface area contributed by atoms with Gasteiger partial charge in [-0.25, -0.2) is 0 Å². The highest BCUT2D eigenvalue weighted by Gasteiger charge is 2.30. The third-order valence-electron chi connectivity index (χ3n) is 4.81. The van der Waals surface area contributed by atoms with Crippen molar-refractivity contribution in [1.82, 2.24) is 5.32 Å². The fraction of sp³-hybridized carbons (Fsp3) is 0.381. The number of carbonyl (C=O) groups excluding carboxylic acids is 1. The van der Waals surface area contributed by atoms with Crippen molar-refractivity contribution in [3.63, 3.8) is 0 Å². The van der Waals surface area contributed by atoms with Crippen molar-refractivity contribution >= 4 is 5.91 Å². The predicted octanol–water partition coefficient (Wildman–Crippen LogP) is 4.32. The Labute approximate surface area is 144 Å². The van der Waals surface area contributed by atoms with Crippen molar-refractivity contribution in [3.8, 4) is 5.75 Å². The molecule has 3 rings (SSSR count). The average Bonchev–Trinajstić information content (AvgIpc) is 2.90. The molecule has 0 radical (unpaired) electrons. The Hall–Kier alpha value is -2.29. The molecule has 1 aliphatic heterocycles. The Balaban J connectivity index is 1.50. The van der Waals surface area contributed by atoms with E-state index in [1.54, 1.807) is 0 Å². The van der Waals surface area contributed by atoms with Gasteiger partial charge in [-0.2, -0.15) is 0 Å². The summed E-state index contributed by atoms with van der Waals surface area (Å²) < 4.78 is 5.90. The maximum atomic E-state index is 12.5. The van der Waals surface area contributed by atoms with Gasteiger partial charge in [-0.05, 0) is 37.8 Å². The highest BCUT2D eigenvalue weighted by Crippen LogP contribution is 2.40. The molecule has 2 unspecified atom stereocenters. The lowest BCUT2D eigenvalue weighted by Gasteiger charge is -2.10. The molecule has 2 aromatic rings. The molecule has 0 fully saturated rings. The maximum Gasteiger partial charge on any atom is 0.255 e. The van der Waals surface area contributed by atoms with Crippen LogP contribution in [0.2, 0.25) is 0 Å². The number of hydrogen-bond acceptors (Lipinski definition) is 2. The first-order chi connectivity index (χ1) is 11.7. The zero-order valence-electron chi connectivity index (χ0n) is 14.4. The van der Waals surface area contributed by atoms with Crippen LogP contribution < -0.4 is 10.1 Å². The van der Waals surface area contributed by atoms with Gasteiger partial charge in [-0.15, -0.1) is 0 Å². The van der Waals surface area contributed by atoms with Crippen molar-refractivity contribution in [2.24, 2.45) is 0 Å². The first-order valence-corrected chi connectivity index (χ1v) is 8.78. The first kappa shape index (κ1) is 16.6. The van der Waals surface area contributed by atoms with Gasteiger partial charge in [0.05, 0.1) is 5.56 Å². The monoisotopic (exact) mass is 323 g/mol. The van der Waals surface area contributed by atoms with Crippen molar-refractivity contribution in [3.05, 3.63) is 65.2 Å². The average molecular weight is 323 g/mol. The van der Waals surface area contributed by atoms with Crippen LogP contribution in [0.5, 0.6) is 5.75 Å². The van der Waals surface area contributed by atoms with Crippen LogP contribution in [-0.4, -0.2) is 18.6 Å². The Morgan fingerprint density at radius 3 is 2.62 bits per heavy atom. The van der Waals surface area contributed by atoms with Gasteiger partial charge in [0.1, 0.15) is 11.9 Å². The van der Waals surface area contributed by atoms with E-state index >= 15 is 0 Å². The molecule has 1 aliphatic rings. The third kappa shape index (κ3) is 3.61. The van der Waals surface area contributed by atoms with Crippen LogP contribution in [0.4, 0.5) is 0 Å². The third-order valence-corrected chi connectivity index (χ3v) is 4.81. The number of nitrogens with one attached hydrogen (secondary N) is 1. The topological polar surface area (TPSA) is 38.3 Å². The Kier molecular flexibility index (Phi) is 5.19. The SMILES string of the molecule is CC1Oc2c(C(=O)NCCCCc3ccccc3)cccc2C1C. The van der Waals surface area contributed by atoms with Crippen LogP contribution in [0.1, 0.15) is 54.1 Å². The number of unbranched alkanes of at least 4 members (excludes halogenated alkanes) is 1. The summed E-state index contributed by atoms with van der Waals surface area (Å²) in [7, 11) is 0. The van der Waals surface area contributed by atoms with Crippen molar-refractivity contribution in [2.75, 3.05) is 6.54 Å². The summed E-state index contributed by atoms with van der Waals surface area (Å²) in [6, 6.07) is 16.3. The number of benzene rings is 2. The Bertz CT molecular complexity index is 696. The molecule has 0 saturated heterocycles. The number of carbonyl (C=O) groups is 1. The van der Waals surface area contributed by atoms with E-state index in [-0.39, 0.29) is 12.0 Å². The molecule has 0 spiro atoms. The van der Waals surface area contributed by atoms with E-state index in [9.17, 15) is 4.79 Å². The molecule has 0 aliphatic carbocycles. The molecule has 3 nitrogen and oxygen atoms in total. The molecule has 126 valence electrons. The molecule has 0 bridgehead atoms. The van der Waals surface area contributed by atoms with Gasteiger partial charge < -0.3 is 10.1 Å². The molecule has 1 N–H and O–H groups in total. The summed E-state index contributed by atoms with van der Waals surface area (Å²) >= 11 is 0. The summed E-state index contributed by atoms with van der Waals surface area (Å²) in [6.45, 7) is 4.89. The first-order valence-electron chi connectivity index (χ1n) is 8.78. The second-order valence-corrected chi connectivity index (χ2v) is 6.53. The Morgan fingerprint density at radius 1 is 1.04 bits per heavy atom. The molecule has 1 heterocycles. The molecule has 1 amide bonds. The second-order valence-electron chi connectivity index (χ2n) is 6.53. The number of aryl methyl sites for hydroxylation is 1. The maximum absolute atomic E-state index is 12.5. The minimum Gasteiger partial charge on any atom is -0.489 e. The van der Waals surface area contributed by atoms with Gasteiger partial charge in [-0.1, -0.05) is 49.4 Å². The minimum absolute atomic E-state index is 0.0344. The molecular formula is C21H25NO2. The molecule has 3 heteroatoms. The lowest BCUT2D eigenvalue weighted by Crippen LogP contribution is -2.25. The van der Waals surface area contributed by atoms with E-state index in [0.717, 1.165) is 30.6 Å². The quantitative estimate of drug-likeness (QED) is 0.804. The van der Waals surface area contributed by atoms with E-state index in [1.165, 1.54) is 5.56 Å². The Morgan fingerprint density at radius 2 is 1.83 bits per heavy atom. The molecule has 2 aromatic carbocycles. The van der Waals surface area contributed by atoms with Crippen LogP contribution in [0, 0.1) is 0 Å². The van der Waals surface area contributed by atoms with E-state index in [2.05, 4.69) is 49.5 Å². The van der Waals surface area contributed by atoms with Crippen LogP contribution >= 0.6 is 0 Å². The van der Waals surface area contributed by atoms with Crippen LogP contribution in [0.3, 0.4) is 0 Å². The minimum atomic E-state index is -0.0344. The smallest absolute Gasteiger partial charge is 0.255 e. The lowest BCUT2D eigenvalue weighted by atomic mass is 9.97. The lowest BCUT2D eigenvalue weighted by molar-refractivity contribution is 0.0948. The van der Waals surface area contributed by atoms with E-state index < -0.39 is 0 Å². The fourth-order valence-electron chi connectivity index (χ4n) is 3.16. The van der Waals surface area contributed by atoms with Gasteiger partial charge in [0, 0.05) is 18.0 Å². The number of hydrogen-bond donors (Lipinski definition) is 1. The van der Waals surface area contributed by atoms with E-state index in [4.69, 9.17) is 4.74 Å². The zero-order chi connectivity index (χ0) is 16.9. The van der Waals surface area contributed by atoms with E-state index in [0.29, 0.717) is 18.0 Å². The van der Waals surface area contributed by atoms with Crippen LogP contribution in [0.25, 0.3) is 0 Å². The largest absolute Gasteiger partial charge is 0.489 e. The van der Waals surface area contributed by atoms with E-state index in [1.807, 2.05) is 18.2 Å². The highest BCUT2D eigenvalue weighted by molar-refractivity contribution is 5.97. The van der Waals surface area contributed by atoms with Gasteiger partial charge in [0.2, 0.25) is 0 Å². The van der Waals surface area contributed by atoms with Crippen molar-refractivity contribution in [2.45, 2.75) is 45.1 Å². The number of ether oxygens (including phenoxy) is 1. The van der Waals surface area contributed by atoms with Gasteiger partial charge in [0.25, 0.3) is 5.91 Å². The molecular weight excluding hydrogens is 298 g/mol. The second kappa shape index (κ2) is 7.52. The normalized spacial score (nSPS) is 18.8. The number of amides is 1. The summed E-state index contributed by atoms with van der Waals surface area (Å²) in [6.07, 6.45) is 3.22. The summed E-state index contributed by atoms with van der Waals surface area (Å²) in [5, 5.41) is 3.03. The molecule has 24 heavy (non-hydrogen) atoms. The summed E-state index contributed by atoms with van der Waals surface area (Å²) in [5.74, 6) is 1.06. The number of para-hydroxylation sites is 1. The highest BCUT2D eigenvalue weighted by atomic mass is 16.5. The van der Waals surface area contributed by atoms with Crippen LogP contribution in [-0.2, 0) is 6.42 Å². The number of rotatable bonds is 6. The van der Waals surface area contributed by atoms with Crippen molar-refractivity contribution < 1.29 is 9.53 Å². The van der Waals surface area contributed by atoms with Gasteiger partial charge >= 0.3 is 0 Å². The van der Waals surface area contributed by atoms with Gasteiger partial charge in [-0.3, -0.25) is 4.79 Å². The molecule has 0 aromatic heterocycles. The van der Waals surface area contributed by atoms with Crippen LogP contribution in [0.15, 0.2) is 48.5 Å².